The maximum absolute atomic E-state index is 4.90. The zero-order valence-electron chi connectivity index (χ0n) is 13.4. The smallest absolute Gasteiger partial charge is 0.0705 e. The van der Waals surface area contributed by atoms with Crippen LogP contribution in [-0.2, 0) is 12.8 Å². The van der Waals surface area contributed by atoms with E-state index in [4.69, 9.17) is 4.98 Å². The van der Waals surface area contributed by atoms with Crippen molar-refractivity contribution in [2.75, 3.05) is 0 Å². The summed E-state index contributed by atoms with van der Waals surface area (Å²) < 4.78 is 0. The highest BCUT2D eigenvalue weighted by Gasteiger charge is 2.21. The molecule has 2 atom stereocenters. The number of fused-ring (bicyclic) bond motifs is 2. The minimum atomic E-state index is 0.566. The Kier molecular flexibility index (Phi) is 3.70. The fourth-order valence-corrected chi connectivity index (χ4v) is 3.53. The molecule has 0 N–H and O–H groups in total. The molecule has 0 fully saturated rings. The second-order valence-electron chi connectivity index (χ2n) is 6.61. The standard InChI is InChI=1S/C22H21N/c1-16(13-17-7-3-2-4-8-17)18-11-12-20-14-19-9-5-6-10-21(19)23-22(20)15-18/h2-12,14,16,18H,13,15H2,1H3/t16-,18?/m0/s1. The van der Waals surface area contributed by atoms with E-state index in [0.717, 1.165) is 18.4 Å². The Morgan fingerprint density at radius 1 is 1.04 bits per heavy atom. The van der Waals surface area contributed by atoms with Crippen molar-refractivity contribution in [2.45, 2.75) is 19.8 Å². The second-order valence-corrected chi connectivity index (χ2v) is 6.61. The summed E-state index contributed by atoms with van der Waals surface area (Å²) in [5, 5.41) is 1.23. The van der Waals surface area contributed by atoms with Crippen LogP contribution in [0.5, 0.6) is 0 Å². The Bertz CT molecular complexity index is 848. The maximum atomic E-state index is 4.90. The molecule has 0 aliphatic heterocycles. The van der Waals surface area contributed by atoms with Gasteiger partial charge in [-0.05, 0) is 47.9 Å². The monoisotopic (exact) mass is 299 g/mol. The van der Waals surface area contributed by atoms with Crippen LogP contribution in [0.2, 0.25) is 0 Å². The third-order valence-electron chi connectivity index (χ3n) is 4.92. The highest BCUT2D eigenvalue weighted by molar-refractivity contribution is 5.81. The number of rotatable bonds is 3. The first-order valence-corrected chi connectivity index (χ1v) is 8.40. The highest BCUT2D eigenvalue weighted by Crippen LogP contribution is 2.30. The van der Waals surface area contributed by atoms with Gasteiger partial charge in [-0.1, -0.05) is 67.6 Å². The van der Waals surface area contributed by atoms with E-state index in [1.165, 1.54) is 22.2 Å². The molecule has 1 aliphatic rings. The molecular formula is C22H21N. The first kappa shape index (κ1) is 14.2. The molecule has 3 aromatic rings. The Morgan fingerprint density at radius 2 is 1.83 bits per heavy atom. The van der Waals surface area contributed by atoms with Crippen LogP contribution in [-0.4, -0.2) is 4.98 Å². The number of aromatic nitrogens is 1. The van der Waals surface area contributed by atoms with E-state index in [-0.39, 0.29) is 0 Å². The van der Waals surface area contributed by atoms with Crippen molar-refractivity contribution in [1.29, 1.82) is 0 Å². The number of nitrogens with zero attached hydrogens (tertiary/aromatic N) is 1. The van der Waals surface area contributed by atoms with Gasteiger partial charge in [0.2, 0.25) is 0 Å². The Morgan fingerprint density at radius 3 is 2.70 bits per heavy atom. The van der Waals surface area contributed by atoms with Crippen LogP contribution in [0.15, 0.2) is 66.7 Å². The highest BCUT2D eigenvalue weighted by atomic mass is 14.7. The van der Waals surface area contributed by atoms with Crippen molar-refractivity contribution < 1.29 is 0 Å². The van der Waals surface area contributed by atoms with Crippen molar-refractivity contribution in [1.82, 2.24) is 4.98 Å². The fourth-order valence-electron chi connectivity index (χ4n) is 3.53. The van der Waals surface area contributed by atoms with E-state index >= 15 is 0 Å². The van der Waals surface area contributed by atoms with Crippen LogP contribution >= 0.6 is 0 Å². The lowest BCUT2D eigenvalue weighted by molar-refractivity contribution is 0.419. The molecule has 0 amide bonds. The largest absolute Gasteiger partial charge is 0.252 e. The van der Waals surface area contributed by atoms with E-state index in [1.807, 2.05) is 0 Å². The molecule has 4 rings (SSSR count). The molecule has 114 valence electrons. The number of benzene rings is 2. The van der Waals surface area contributed by atoms with Gasteiger partial charge in [0.05, 0.1) is 5.52 Å². The van der Waals surface area contributed by atoms with Gasteiger partial charge in [-0.15, -0.1) is 0 Å². The Hall–Kier alpha value is -2.41. The maximum Gasteiger partial charge on any atom is 0.0705 e. The van der Waals surface area contributed by atoms with Gasteiger partial charge in [-0.3, -0.25) is 4.98 Å². The van der Waals surface area contributed by atoms with Crippen LogP contribution in [0.4, 0.5) is 0 Å². The van der Waals surface area contributed by atoms with Gasteiger partial charge in [0.1, 0.15) is 0 Å². The molecule has 1 nitrogen and oxygen atoms in total. The Balaban J connectivity index is 1.58. The number of pyridine rings is 1. The van der Waals surface area contributed by atoms with E-state index in [0.29, 0.717) is 11.8 Å². The zero-order valence-corrected chi connectivity index (χ0v) is 13.4. The van der Waals surface area contributed by atoms with E-state index in [1.54, 1.807) is 0 Å². The number of para-hydroxylation sites is 1. The van der Waals surface area contributed by atoms with Gasteiger partial charge >= 0.3 is 0 Å². The normalized spacial score (nSPS) is 17.9. The minimum absolute atomic E-state index is 0.566. The molecule has 23 heavy (non-hydrogen) atoms. The fraction of sp³-hybridized carbons (Fsp3) is 0.227. The summed E-state index contributed by atoms with van der Waals surface area (Å²) >= 11 is 0. The molecule has 0 saturated heterocycles. The Labute approximate surface area is 137 Å². The third-order valence-corrected chi connectivity index (χ3v) is 4.92. The van der Waals surface area contributed by atoms with Gasteiger partial charge in [0.25, 0.3) is 0 Å². The third kappa shape index (κ3) is 2.92. The van der Waals surface area contributed by atoms with Crippen LogP contribution < -0.4 is 0 Å². The number of hydrogen-bond donors (Lipinski definition) is 0. The summed E-state index contributed by atoms with van der Waals surface area (Å²) in [6.07, 6.45) is 6.82. The van der Waals surface area contributed by atoms with Crippen LogP contribution in [0.25, 0.3) is 17.0 Å². The van der Waals surface area contributed by atoms with Crippen molar-refractivity contribution in [3.63, 3.8) is 0 Å². The molecular weight excluding hydrogens is 278 g/mol. The summed E-state index contributed by atoms with van der Waals surface area (Å²) in [5.74, 6) is 1.19. The number of hydrogen-bond acceptors (Lipinski definition) is 1. The van der Waals surface area contributed by atoms with Crippen LogP contribution in [0, 0.1) is 11.8 Å². The number of allylic oxidation sites excluding steroid dienone is 1. The molecule has 1 heteroatoms. The molecule has 0 saturated carbocycles. The van der Waals surface area contributed by atoms with Gasteiger partial charge in [-0.2, -0.15) is 0 Å². The first-order valence-electron chi connectivity index (χ1n) is 8.40. The summed E-state index contributed by atoms with van der Waals surface area (Å²) in [6.45, 7) is 2.36. The summed E-state index contributed by atoms with van der Waals surface area (Å²) in [6, 6.07) is 21.4. The molecule has 0 spiro atoms. The van der Waals surface area contributed by atoms with Crippen molar-refractivity contribution >= 4 is 17.0 Å². The predicted octanol–water partition coefficient (Wildman–Crippen LogP) is 5.30. The molecule has 1 unspecified atom stereocenters. The average Bonchev–Trinajstić information content (AvgIpc) is 2.60. The molecule has 2 aromatic carbocycles. The van der Waals surface area contributed by atoms with Crippen LogP contribution in [0.1, 0.15) is 23.7 Å². The molecule has 0 bridgehead atoms. The average molecular weight is 299 g/mol. The lowest BCUT2D eigenvalue weighted by Crippen LogP contribution is -2.18. The van der Waals surface area contributed by atoms with Crippen molar-refractivity contribution in [3.8, 4) is 0 Å². The summed E-state index contributed by atoms with van der Waals surface area (Å²) in [5.41, 5.74) is 5.06. The molecule has 1 heterocycles. The molecule has 0 radical (unpaired) electrons. The van der Waals surface area contributed by atoms with Crippen molar-refractivity contribution in [2.24, 2.45) is 11.8 Å². The molecule has 1 aromatic heterocycles. The second kappa shape index (κ2) is 6.00. The first-order chi connectivity index (χ1) is 11.3. The summed E-state index contributed by atoms with van der Waals surface area (Å²) in [4.78, 5) is 4.90. The van der Waals surface area contributed by atoms with Gasteiger partial charge in [0, 0.05) is 11.1 Å². The van der Waals surface area contributed by atoms with Crippen molar-refractivity contribution in [3.05, 3.63) is 83.6 Å². The zero-order chi connectivity index (χ0) is 15.6. The van der Waals surface area contributed by atoms with E-state index in [9.17, 15) is 0 Å². The lowest BCUT2D eigenvalue weighted by atomic mass is 9.81. The van der Waals surface area contributed by atoms with Crippen LogP contribution in [0.3, 0.4) is 0 Å². The van der Waals surface area contributed by atoms with Gasteiger partial charge in [-0.25, -0.2) is 0 Å². The van der Waals surface area contributed by atoms with Gasteiger partial charge < -0.3 is 0 Å². The summed E-state index contributed by atoms with van der Waals surface area (Å²) in [7, 11) is 0. The van der Waals surface area contributed by atoms with E-state index in [2.05, 4.69) is 79.7 Å². The topological polar surface area (TPSA) is 12.9 Å². The minimum Gasteiger partial charge on any atom is -0.252 e. The lowest BCUT2D eigenvalue weighted by Gasteiger charge is -2.25. The SMILES string of the molecule is C[C@@H](Cc1ccccc1)C1C=Cc2cc3ccccc3nc2C1. The van der Waals surface area contributed by atoms with Gasteiger partial charge in [0.15, 0.2) is 0 Å². The quantitative estimate of drug-likeness (QED) is 0.639. The molecule has 1 aliphatic carbocycles. The predicted molar refractivity (Wildman–Crippen MR) is 97.3 cm³/mol. The van der Waals surface area contributed by atoms with E-state index < -0.39 is 0 Å².